The van der Waals surface area contributed by atoms with Crippen LogP contribution < -0.4 is 0 Å². The van der Waals surface area contributed by atoms with Gasteiger partial charge in [-0.05, 0) is 0 Å². The zero-order valence-electron chi connectivity index (χ0n) is 5.61. The molecule has 0 N–H and O–H groups in total. The fraction of sp³-hybridized carbons (Fsp3) is 0. The van der Waals surface area contributed by atoms with Crippen molar-refractivity contribution in [2.75, 3.05) is 0 Å². The van der Waals surface area contributed by atoms with Crippen LogP contribution >= 0.6 is 0 Å². The van der Waals surface area contributed by atoms with Crippen LogP contribution in [0.25, 0.3) is 0 Å². The van der Waals surface area contributed by atoms with Crippen LogP contribution in [-0.4, -0.2) is 6.29 Å². The summed E-state index contributed by atoms with van der Waals surface area (Å²) in [6.45, 7) is 0. The van der Waals surface area contributed by atoms with Gasteiger partial charge in [-0.3, -0.25) is 4.79 Å². The van der Waals surface area contributed by atoms with Gasteiger partial charge in [0.25, 0.3) is 0 Å². The van der Waals surface area contributed by atoms with E-state index < -0.39 is 19.1 Å². The van der Waals surface area contributed by atoms with Crippen molar-refractivity contribution in [3.63, 3.8) is 0 Å². The number of hydrogen-bond donors (Lipinski definition) is 0. The molecule has 1 aromatic carbocycles. The van der Waals surface area contributed by atoms with Gasteiger partial charge in [-0.15, -0.1) is 0 Å². The van der Waals surface area contributed by atoms with Gasteiger partial charge in [0, 0.05) is 5.56 Å². The van der Waals surface area contributed by atoms with E-state index in [0.29, 0.717) is 5.56 Å². The molecule has 0 unspecified atom stereocenters. The van der Waals surface area contributed by atoms with Crippen molar-refractivity contribution < 1.29 is 30.5 Å². The van der Waals surface area contributed by atoms with Gasteiger partial charge in [0.05, 0.1) is 0 Å². The molecule has 0 amide bonds. The Balaban J connectivity index is 0.000000292. The van der Waals surface area contributed by atoms with Gasteiger partial charge in [0.1, 0.15) is 0 Å². The molecular weight excluding hydrogens is 180 g/mol. The molecule has 0 atom stereocenters. The summed E-state index contributed by atoms with van der Waals surface area (Å²) in [6, 6.07) is 8.90. The van der Waals surface area contributed by atoms with Gasteiger partial charge in [0.15, 0.2) is 0 Å². The van der Waals surface area contributed by atoms with Crippen molar-refractivity contribution in [1.29, 1.82) is 0 Å². The molecule has 1 radical (unpaired) electrons. The Morgan fingerprint density at radius 2 is 1.55 bits per heavy atom. The van der Waals surface area contributed by atoms with Crippen molar-refractivity contribution in [3.05, 3.63) is 35.9 Å². The fourth-order valence-corrected chi connectivity index (χ4v) is 0.506. The van der Waals surface area contributed by atoms with E-state index in [0.717, 1.165) is 0 Å². The van der Waals surface area contributed by atoms with Gasteiger partial charge in [-0.2, -0.15) is 0 Å². The number of benzene rings is 1. The van der Waals surface area contributed by atoms with Gasteiger partial charge >= 0.3 is 25.7 Å². The van der Waals surface area contributed by atoms with Crippen LogP contribution in [0.1, 0.15) is 5.56 Å². The van der Waals surface area contributed by atoms with E-state index in [2.05, 4.69) is 0 Å². The molecule has 1 rings (SSSR count). The van der Waals surface area contributed by atoms with Gasteiger partial charge in [0.2, 0.25) is 6.29 Å². The molecule has 3 nitrogen and oxygen atoms in total. The molecule has 0 aliphatic carbocycles. The Labute approximate surface area is 73.0 Å². The molecule has 0 heterocycles. The predicted molar refractivity (Wildman–Crippen MR) is 32.6 cm³/mol. The first-order valence-corrected chi connectivity index (χ1v) is 4.05. The quantitative estimate of drug-likeness (QED) is 0.610. The maximum atomic E-state index is 9.88. The van der Waals surface area contributed by atoms with Crippen molar-refractivity contribution in [3.8, 4) is 0 Å². The zero-order chi connectivity index (χ0) is 8.53. The molecule has 1 aromatic rings. The van der Waals surface area contributed by atoms with E-state index in [-0.39, 0.29) is 0 Å². The third-order valence-electron chi connectivity index (χ3n) is 0.892. The third-order valence-corrected chi connectivity index (χ3v) is 0.892. The molecule has 0 saturated carbocycles. The average molecular weight is 185 g/mol. The molecule has 0 aliphatic rings. The molecule has 0 aromatic heterocycles. The average Bonchev–Trinajstić information content (AvgIpc) is 2.08. The summed E-state index contributed by atoms with van der Waals surface area (Å²) in [5, 5.41) is 0. The Bertz CT molecular complexity index is 239. The van der Waals surface area contributed by atoms with Crippen LogP contribution in [0.15, 0.2) is 30.3 Å². The second-order valence-electron chi connectivity index (χ2n) is 1.55. The zero-order valence-corrected chi connectivity index (χ0v) is 7.17. The molecule has 11 heavy (non-hydrogen) atoms. The molecule has 4 heteroatoms. The fourth-order valence-electron chi connectivity index (χ4n) is 0.506. The molecule has 0 aliphatic heterocycles. The first-order valence-electron chi connectivity index (χ1n) is 2.77. The molecule has 0 saturated heterocycles. The van der Waals surface area contributed by atoms with Gasteiger partial charge in [-0.25, -0.2) is 0 Å². The molecule has 0 fully saturated rings. The summed E-state index contributed by atoms with van der Waals surface area (Å²) in [5.41, 5.74) is 0.604. The summed E-state index contributed by atoms with van der Waals surface area (Å²) in [7, 11) is 0. The third kappa shape index (κ3) is 5.64. The van der Waals surface area contributed by atoms with Crippen LogP contribution in [0.3, 0.4) is 0 Å². The molecule has 0 spiro atoms. The minimum absolute atomic E-state index is 0.604. The second-order valence-corrected chi connectivity index (χ2v) is 1.81. The van der Waals surface area contributed by atoms with Gasteiger partial charge in [-0.1, -0.05) is 30.3 Å². The van der Waals surface area contributed by atoms with Crippen LogP contribution in [-0.2, 0) is 30.5 Å². The summed E-state index contributed by atoms with van der Waals surface area (Å²) < 4.78 is 17.0. The second kappa shape index (κ2) is 7.31. The van der Waals surface area contributed by atoms with Crippen LogP contribution in [0, 0.1) is 0 Å². The molecule has 0 bridgehead atoms. The summed E-state index contributed by atoms with van der Waals surface area (Å²) in [6.07, 6.45) is 1.78. The Kier molecular flexibility index (Phi) is 6.78. The van der Waals surface area contributed by atoms with E-state index in [9.17, 15) is 4.79 Å². The predicted octanol–water partition coefficient (Wildman–Crippen LogP) is 0.904. The number of carbonyl (C=O) groups excluding carboxylic acids is 1. The normalized spacial score (nSPS) is 6.91. The monoisotopic (exact) mass is 185 g/mol. The minimum atomic E-state index is -2.00. The summed E-state index contributed by atoms with van der Waals surface area (Å²) in [4.78, 5) is 9.88. The van der Waals surface area contributed by atoms with E-state index in [1.165, 1.54) is 0 Å². The number of hydrogen-bond acceptors (Lipinski definition) is 3. The van der Waals surface area contributed by atoms with E-state index >= 15 is 0 Å². The SMILES string of the molecule is O=[C]c1ccccc1.[O]=[Ti]=[O]. The van der Waals surface area contributed by atoms with Crippen molar-refractivity contribution >= 4 is 6.29 Å². The van der Waals surface area contributed by atoms with Gasteiger partial charge < -0.3 is 0 Å². The molecule has 55 valence electrons. The van der Waals surface area contributed by atoms with E-state index in [1.54, 1.807) is 30.6 Å². The Hall–Kier alpha value is -0.796. The topological polar surface area (TPSA) is 51.2 Å². The summed E-state index contributed by atoms with van der Waals surface area (Å²) >= 11 is -2.00. The number of rotatable bonds is 1. The van der Waals surface area contributed by atoms with E-state index in [1.807, 2.05) is 6.07 Å². The van der Waals surface area contributed by atoms with Crippen molar-refractivity contribution in [2.45, 2.75) is 0 Å². The standard InChI is InChI=1S/C7H5O.2O.Ti/c8-6-7-4-2-1-3-5-7;;;/h1-5H;;;. The van der Waals surface area contributed by atoms with Crippen LogP contribution in [0.5, 0.6) is 0 Å². The molecular formula is C7H5O3Ti. The van der Waals surface area contributed by atoms with E-state index in [4.69, 9.17) is 6.65 Å². The Morgan fingerprint density at radius 1 is 1.09 bits per heavy atom. The van der Waals surface area contributed by atoms with Crippen LogP contribution in [0.4, 0.5) is 0 Å². The van der Waals surface area contributed by atoms with Crippen molar-refractivity contribution in [1.82, 2.24) is 0 Å². The first kappa shape index (κ1) is 10.2. The maximum absolute atomic E-state index is 9.88. The Morgan fingerprint density at radius 3 is 1.82 bits per heavy atom. The summed E-state index contributed by atoms with van der Waals surface area (Å²) in [5.74, 6) is 0. The first-order chi connectivity index (χ1) is 5.35. The van der Waals surface area contributed by atoms with Crippen molar-refractivity contribution in [2.24, 2.45) is 0 Å². The van der Waals surface area contributed by atoms with Crippen LogP contribution in [0.2, 0.25) is 0 Å².